The molecule has 1 aromatic rings. The number of carbonyl (C=O) groups excluding carboxylic acids is 2. The summed E-state index contributed by atoms with van der Waals surface area (Å²) in [6.07, 6.45) is 1.10. The highest BCUT2D eigenvalue weighted by Crippen LogP contribution is 2.42. The predicted octanol–water partition coefficient (Wildman–Crippen LogP) is 1.26. The average molecular weight is 391 g/mol. The first-order chi connectivity index (χ1) is 13.4. The van der Waals surface area contributed by atoms with Crippen LogP contribution in [0.3, 0.4) is 0 Å². The molecule has 8 nitrogen and oxygen atoms in total. The van der Waals surface area contributed by atoms with Gasteiger partial charge in [-0.3, -0.25) is 9.59 Å². The second-order valence-electron chi connectivity index (χ2n) is 7.81. The fourth-order valence-corrected chi connectivity index (χ4v) is 3.98. The number of rotatable bonds is 6. The number of likely N-dealkylation sites (tertiary alicyclic amines) is 1. The Morgan fingerprint density at radius 3 is 2.36 bits per heavy atom. The van der Waals surface area contributed by atoms with Gasteiger partial charge in [0.15, 0.2) is 11.5 Å². The Morgan fingerprint density at radius 2 is 1.86 bits per heavy atom. The first kappa shape index (κ1) is 20.3. The third-order valence-corrected chi connectivity index (χ3v) is 5.80. The van der Waals surface area contributed by atoms with E-state index in [2.05, 4.69) is 6.92 Å². The Hall–Kier alpha value is -2.48. The molecule has 2 heterocycles. The molecule has 8 heteroatoms. The summed E-state index contributed by atoms with van der Waals surface area (Å²) in [6, 6.07) is 3.46. The number of methoxy groups -OCH3 is 3. The third-order valence-electron chi connectivity index (χ3n) is 5.80. The number of hydrogen-bond donors (Lipinski definition) is 1. The van der Waals surface area contributed by atoms with Gasteiger partial charge in [-0.15, -0.1) is 0 Å². The summed E-state index contributed by atoms with van der Waals surface area (Å²) >= 11 is 0. The smallest absolute Gasteiger partial charge is 0.228 e. The Morgan fingerprint density at radius 1 is 1.21 bits per heavy atom. The standard InChI is InChI=1S/C20H29N3O5/c1-20(11-21)5-6-22(12-20)19(25)13-7-17(24)23(10-13)14-8-15(26-2)18(28-4)16(9-14)27-3/h8-9,13H,5-7,10-12,21H2,1-4H3. The quantitative estimate of drug-likeness (QED) is 0.785. The molecule has 0 spiro atoms. The van der Waals surface area contributed by atoms with Crippen molar-refractivity contribution >= 4 is 17.5 Å². The van der Waals surface area contributed by atoms with Gasteiger partial charge < -0.3 is 29.7 Å². The van der Waals surface area contributed by atoms with Crippen molar-refractivity contribution in [2.45, 2.75) is 19.8 Å². The molecular weight excluding hydrogens is 362 g/mol. The zero-order valence-corrected chi connectivity index (χ0v) is 17.0. The minimum atomic E-state index is -0.355. The van der Waals surface area contributed by atoms with Crippen LogP contribution in [0.5, 0.6) is 17.2 Å². The molecule has 2 unspecified atom stereocenters. The maximum absolute atomic E-state index is 13.0. The molecule has 0 aliphatic carbocycles. The molecule has 2 aliphatic rings. The molecule has 2 aliphatic heterocycles. The highest BCUT2D eigenvalue weighted by molar-refractivity contribution is 6.00. The minimum Gasteiger partial charge on any atom is -0.493 e. The summed E-state index contributed by atoms with van der Waals surface area (Å²) in [6.45, 7) is 4.34. The van der Waals surface area contributed by atoms with E-state index in [4.69, 9.17) is 19.9 Å². The zero-order valence-electron chi connectivity index (χ0n) is 17.0. The Balaban J connectivity index is 1.79. The summed E-state index contributed by atoms with van der Waals surface area (Å²) in [4.78, 5) is 29.1. The van der Waals surface area contributed by atoms with Crippen molar-refractivity contribution in [3.63, 3.8) is 0 Å². The van der Waals surface area contributed by atoms with Crippen LogP contribution in [-0.2, 0) is 9.59 Å². The molecule has 0 radical (unpaired) electrons. The van der Waals surface area contributed by atoms with Gasteiger partial charge in [-0.2, -0.15) is 0 Å². The van der Waals surface area contributed by atoms with E-state index in [1.165, 1.54) is 21.3 Å². The van der Waals surface area contributed by atoms with Crippen molar-refractivity contribution in [2.24, 2.45) is 17.1 Å². The fourth-order valence-electron chi connectivity index (χ4n) is 3.98. The molecule has 2 N–H and O–H groups in total. The monoisotopic (exact) mass is 391 g/mol. The van der Waals surface area contributed by atoms with E-state index >= 15 is 0 Å². The molecule has 0 bridgehead atoms. The lowest BCUT2D eigenvalue weighted by atomic mass is 9.90. The molecule has 2 amide bonds. The number of ether oxygens (including phenoxy) is 3. The van der Waals surface area contributed by atoms with Gasteiger partial charge in [0.05, 0.1) is 32.9 Å². The molecule has 2 saturated heterocycles. The molecule has 1 aromatic carbocycles. The highest BCUT2D eigenvalue weighted by Gasteiger charge is 2.42. The van der Waals surface area contributed by atoms with Crippen LogP contribution >= 0.6 is 0 Å². The third kappa shape index (κ3) is 3.61. The van der Waals surface area contributed by atoms with E-state index in [9.17, 15) is 9.59 Å². The Labute approximate surface area is 165 Å². The highest BCUT2D eigenvalue weighted by atomic mass is 16.5. The molecule has 2 atom stereocenters. The van der Waals surface area contributed by atoms with E-state index in [0.717, 1.165) is 6.42 Å². The number of nitrogens with zero attached hydrogens (tertiary/aromatic N) is 2. The van der Waals surface area contributed by atoms with Crippen molar-refractivity contribution in [2.75, 3.05) is 52.4 Å². The van der Waals surface area contributed by atoms with Gasteiger partial charge in [0.1, 0.15) is 0 Å². The number of carbonyl (C=O) groups is 2. The van der Waals surface area contributed by atoms with Crippen LogP contribution < -0.4 is 24.8 Å². The summed E-state index contributed by atoms with van der Waals surface area (Å²) in [7, 11) is 4.59. The van der Waals surface area contributed by atoms with Gasteiger partial charge in [-0.05, 0) is 18.4 Å². The van der Waals surface area contributed by atoms with Gasteiger partial charge in [-0.25, -0.2) is 0 Å². The van der Waals surface area contributed by atoms with Crippen LogP contribution in [0.2, 0.25) is 0 Å². The number of benzene rings is 1. The molecular formula is C20H29N3O5. The van der Waals surface area contributed by atoms with E-state index < -0.39 is 0 Å². The number of hydrogen-bond acceptors (Lipinski definition) is 6. The molecule has 154 valence electrons. The number of nitrogens with two attached hydrogens (primary N) is 1. The van der Waals surface area contributed by atoms with Gasteiger partial charge in [0.2, 0.25) is 17.6 Å². The van der Waals surface area contributed by atoms with E-state index in [-0.39, 0.29) is 29.6 Å². The average Bonchev–Trinajstić information content (AvgIpc) is 3.30. The van der Waals surface area contributed by atoms with Gasteiger partial charge >= 0.3 is 0 Å². The van der Waals surface area contributed by atoms with Crippen molar-refractivity contribution < 1.29 is 23.8 Å². The minimum absolute atomic E-state index is 0.0282. The summed E-state index contributed by atoms with van der Waals surface area (Å²) in [5.74, 6) is 0.988. The van der Waals surface area contributed by atoms with Crippen LogP contribution in [0.25, 0.3) is 0 Å². The molecule has 0 aromatic heterocycles. The van der Waals surface area contributed by atoms with Crippen molar-refractivity contribution in [3.05, 3.63) is 12.1 Å². The zero-order chi connectivity index (χ0) is 20.5. The van der Waals surface area contributed by atoms with Crippen molar-refractivity contribution in [1.82, 2.24) is 4.90 Å². The molecule has 0 saturated carbocycles. The van der Waals surface area contributed by atoms with Gasteiger partial charge in [0.25, 0.3) is 0 Å². The van der Waals surface area contributed by atoms with Crippen LogP contribution in [0, 0.1) is 11.3 Å². The SMILES string of the molecule is COc1cc(N2CC(C(=O)N3CCC(C)(CN)C3)CC2=O)cc(OC)c1OC. The topological polar surface area (TPSA) is 94.3 Å². The fraction of sp³-hybridized carbons (Fsp3) is 0.600. The number of amides is 2. The van der Waals surface area contributed by atoms with Crippen LogP contribution in [-0.4, -0.2) is 64.2 Å². The number of anilines is 1. The van der Waals surface area contributed by atoms with Crippen molar-refractivity contribution in [3.8, 4) is 17.2 Å². The Bertz CT molecular complexity index is 743. The van der Waals surface area contributed by atoms with Gasteiger partial charge in [0, 0.05) is 38.2 Å². The predicted molar refractivity (Wildman–Crippen MR) is 105 cm³/mol. The lowest BCUT2D eigenvalue weighted by molar-refractivity contribution is -0.135. The lowest BCUT2D eigenvalue weighted by Gasteiger charge is -2.24. The van der Waals surface area contributed by atoms with Crippen LogP contribution in [0.1, 0.15) is 19.8 Å². The first-order valence-corrected chi connectivity index (χ1v) is 9.45. The second-order valence-corrected chi connectivity index (χ2v) is 7.81. The van der Waals surface area contributed by atoms with E-state index in [1.54, 1.807) is 17.0 Å². The maximum atomic E-state index is 13.0. The molecule has 28 heavy (non-hydrogen) atoms. The summed E-state index contributed by atoms with van der Waals surface area (Å²) in [5, 5.41) is 0. The van der Waals surface area contributed by atoms with Crippen LogP contribution in [0.4, 0.5) is 5.69 Å². The lowest BCUT2D eigenvalue weighted by Crippen LogP contribution is -2.38. The Kier molecular flexibility index (Phi) is 5.69. The first-order valence-electron chi connectivity index (χ1n) is 9.45. The largest absolute Gasteiger partial charge is 0.493 e. The summed E-state index contributed by atoms with van der Waals surface area (Å²) < 4.78 is 16.1. The van der Waals surface area contributed by atoms with Gasteiger partial charge in [-0.1, -0.05) is 6.92 Å². The normalized spacial score (nSPS) is 24.6. The maximum Gasteiger partial charge on any atom is 0.228 e. The summed E-state index contributed by atoms with van der Waals surface area (Å²) in [5.41, 5.74) is 6.44. The second kappa shape index (κ2) is 7.87. The van der Waals surface area contributed by atoms with E-state index in [1.807, 2.05) is 4.90 Å². The molecule has 2 fully saturated rings. The van der Waals surface area contributed by atoms with E-state index in [0.29, 0.717) is 49.1 Å². The van der Waals surface area contributed by atoms with Crippen LogP contribution in [0.15, 0.2) is 12.1 Å². The molecule has 3 rings (SSSR count). The van der Waals surface area contributed by atoms with Crippen molar-refractivity contribution in [1.29, 1.82) is 0 Å².